The Morgan fingerprint density at radius 1 is 1.31 bits per heavy atom. The van der Waals surface area contributed by atoms with E-state index in [1.54, 1.807) is 0 Å². The number of hydrogen-bond acceptors (Lipinski definition) is 2. The summed E-state index contributed by atoms with van der Waals surface area (Å²) in [4.78, 5) is 2.51. The fraction of sp³-hybridized carbons (Fsp3) is 0.571. The van der Waals surface area contributed by atoms with Gasteiger partial charge in [0.2, 0.25) is 0 Å². The van der Waals surface area contributed by atoms with E-state index in [2.05, 4.69) is 43.0 Å². The fourth-order valence-corrected chi connectivity index (χ4v) is 2.35. The molecule has 2 N–H and O–H groups in total. The Kier molecular flexibility index (Phi) is 3.62. The second-order valence-electron chi connectivity index (χ2n) is 5.15. The quantitative estimate of drug-likeness (QED) is 0.824. The number of nitrogens with zero attached hydrogens (tertiary/aromatic N) is 1. The van der Waals surface area contributed by atoms with E-state index in [1.807, 2.05) is 0 Å². The van der Waals surface area contributed by atoms with Crippen LogP contribution in [0.4, 0.5) is 0 Å². The Balaban J connectivity index is 1.93. The summed E-state index contributed by atoms with van der Waals surface area (Å²) >= 11 is 0. The van der Waals surface area contributed by atoms with Crippen molar-refractivity contribution in [1.29, 1.82) is 0 Å². The van der Waals surface area contributed by atoms with Gasteiger partial charge in [-0.3, -0.25) is 4.90 Å². The Morgan fingerprint density at radius 2 is 2.00 bits per heavy atom. The molecular weight excluding hydrogens is 196 g/mol. The number of rotatable bonds is 2. The standard InChI is InChI=1S/C14H22N2/c1-11-3-5-13(6-4-11)10-16-8-7-14(15)12(2)9-16/h3-6,12,14H,7-10,15H2,1-2H3. The average molecular weight is 218 g/mol. The zero-order valence-electron chi connectivity index (χ0n) is 10.3. The summed E-state index contributed by atoms with van der Waals surface area (Å²) in [5.41, 5.74) is 8.77. The minimum Gasteiger partial charge on any atom is -0.327 e. The van der Waals surface area contributed by atoms with Gasteiger partial charge < -0.3 is 5.73 Å². The lowest BCUT2D eigenvalue weighted by molar-refractivity contribution is 0.158. The van der Waals surface area contributed by atoms with Crippen LogP contribution in [0.1, 0.15) is 24.5 Å². The zero-order valence-corrected chi connectivity index (χ0v) is 10.3. The van der Waals surface area contributed by atoms with E-state index in [0.29, 0.717) is 12.0 Å². The summed E-state index contributed by atoms with van der Waals surface area (Å²) in [5, 5.41) is 0. The van der Waals surface area contributed by atoms with E-state index in [4.69, 9.17) is 5.73 Å². The van der Waals surface area contributed by atoms with E-state index in [9.17, 15) is 0 Å². The van der Waals surface area contributed by atoms with Crippen molar-refractivity contribution in [3.05, 3.63) is 35.4 Å². The SMILES string of the molecule is Cc1ccc(CN2CCC(N)C(C)C2)cc1. The van der Waals surface area contributed by atoms with E-state index < -0.39 is 0 Å². The summed E-state index contributed by atoms with van der Waals surface area (Å²) in [6.45, 7) is 7.73. The van der Waals surface area contributed by atoms with Crippen molar-refractivity contribution in [1.82, 2.24) is 4.90 Å². The minimum atomic E-state index is 0.397. The van der Waals surface area contributed by atoms with Crippen LogP contribution in [0.15, 0.2) is 24.3 Å². The summed E-state index contributed by atoms with van der Waals surface area (Å²) in [6.07, 6.45) is 1.13. The van der Waals surface area contributed by atoms with Gasteiger partial charge in [-0.15, -0.1) is 0 Å². The third kappa shape index (κ3) is 2.83. The molecule has 2 unspecified atom stereocenters. The van der Waals surface area contributed by atoms with Gasteiger partial charge in [0.25, 0.3) is 0 Å². The maximum absolute atomic E-state index is 6.03. The van der Waals surface area contributed by atoms with Crippen molar-refractivity contribution in [2.75, 3.05) is 13.1 Å². The predicted molar refractivity (Wildman–Crippen MR) is 68.2 cm³/mol. The van der Waals surface area contributed by atoms with Gasteiger partial charge in [0.15, 0.2) is 0 Å². The largest absolute Gasteiger partial charge is 0.327 e. The molecule has 2 rings (SSSR count). The second kappa shape index (κ2) is 4.98. The fourth-order valence-electron chi connectivity index (χ4n) is 2.35. The van der Waals surface area contributed by atoms with E-state index >= 15 is 0 Å². The molecule has 88 valence electrons. The Morgan fingerprint density at radius 3 is 2.62 bits per heavy atom. The van der Waals surface area contributed by atoms with Crippen LogP contribution in [-0.2, 0) is 6.54 Å². The highest BCUT2D eigenvalue weighted by molar-refractivity contribution is 5.21. The monoisotopic (exact) mass is 218 g/mol. The lowest BCUT2D eigenvalue weighted by Crippen LogP contribution is -2.45. The summed E-state index contributed by atoms with van der Waals surface area (Å²) in [6, 6.07) is 9.24. The molecule has 1 fully saturated rings. The molecule has 1 heterocycles. The van der Waals surface area contributed by atoms with E-state index in [0.717, 1.165) is 26.1 Å². The number of piperidine rings is 1. The Hall–Kier alpha value is -0.860. The van der Waals surface area contributed by atoms with Crippen LogP contribution < -0.4 is 5.73 Å². The highest BCUT2D eigenvalue weighted by Gasteiger charge is 2.22. The number of hydrogen-bond donors (Lipinski definition) is 1. The molecule has 1 aliphatic rings. The second-order valence-corrected chi connectivity index (χ2v) is 5.15. The molecule has 1 aliphatic heterocycles. The van der Waals surface area contributed by atoms with Gasteiger partial charge in [-0.25, -0.2) is 0 Å². The smallest absolute Gasteiger partial charge is 0.0233 e. The minimum absolute atomic E-state index is 0.397. The van der Waals surface area contributed by atoms with Gasteiger partial charge in [-0.05, 0) is 31.4 Å². The van der Waals surface area contributed by atoms with Crippen LogP contribution in [-0.4, -0.2) is 24.0 Å². The molecule has 0 spiro atoms. The van der Waals surface area contributed by atoms with Gasteiger partial charge >= 0.3 is 0 Å². The van der Waals surface area contributed by atoms with Crippen molar-refractivity contribution in [3.63, 3.8) is 0 Å². The van der Waals surface area contributed by atoms with Gasteiger partial charge in [-0.2, -0.15) is 0 Å². The van der Waals surface area contributed by atoms with Gasteiger partial charge in [0.1, 0.15) is 0 Å². The lowest BCUT2D eigenvalue weighted by Gasteiger charge is -2.35. The highest BCUT2D eigenvalue weighted by Crippen LogP contribution is 2.17. The first-order valence-electron chi connectivity index (χ1n) is 6.18. The van der Waals surface area contributed by atoms with Crippen LogP contribution in [0.2, 0.25) is 0 Å². The molecule has 0 radical (unpaired) electrons. The molecule has 0 aliphatic carbocycles. The van der Waals surface area contributed by atoms with Crippen molar-refractivity contribution < 1.29 is 0 Å². The van der Waals surface area contributed by atoms with E-state index in [-0.39, 0.29) is 0 Å². The lowest BCUT2D eigenvalue weighted by atomic mass is 9.94. The molecular formula is C14H22N2. The number of nitrogens with two attached hydrogens (primary N) is 1. The molecule has 0 aromatic heterocycles. The van der Waals surface area contributed by atoms with Crippen LogP contribution in [0.25, 0.3) is 0 Å². The van der Waals surface area contributed by atoms with Crippen molar-refractivity contribution >= 4 is 0 Å². The summed E-state index contributed by atoms with van der Waals surface area (Å²) < 4.78 is 0. The average Bonchev–Trinajstić information content (AvgIpc) is 2.27. The number of likely N-dealkylation sites (tertiary alicyclic amines) is 1. The van der Waals surface area contributed by atoms with Crippen molar-refractivity contribution in [3.8, 4) is 0 Å². The molecule has 2 nitrogen and oxygen atoms in total. The molecule has 0 amide bonds. The molecule has 0 bridgehead atoms. The summed E-state index contributed by atoms with van der Waals surface area (Å²) in [7, 11) is 0. The molecule has 16 heavy (non-hydrogen) atoms. The first-order valence-corrected chi connectivity index (χ1v) is 6.18. The molecule has 0 saturated carbocycles. The molecule has 2 heteroatoms. The Bertz CT molecular complexity index is 331. The maximum Gasteiger partial charge on any atom is 0.0233 e. The normalized spacial score (nSPS) is 26.9. The van der Waals surface area contributed by atoms with Crippen LogP contribution in [0.5, 0.6) is 0 Å². The molecule has 1 aromatic carbocycles. The molecule has 2 atom stereocenters. The van der Waals surface area contributed by atoms with Crippen LogP contribution >= 0.6 is 0 Å². The number of aryl methyl sites for hydroxylation is 1. The van der Waals surface area contributed by atoms with Crippen LogP contribution in [0, 0.1) is 12.8 Å². The number of benzene rings is 1. The maximum atomic E-state index is 6.03. The van der Waals surface area contributed by atoms with Gasteiger partial charge in [0, 0.05) is 19.1 Å². The molecule has 1 saturated heterocycles. The third-order valence-corrected chi connectivity index (χ3v) is 3.58. The summed E-state index contributed by atoms with van der Waals surface area (Å²) in [5.74, 6) is 0.624. The zero-order chi connectivity index (χ0) is 11.5. The highest BCUT2D eigenvalue weighted by atomic mass is 15.1. The molecule has 1 aromatic rings. The topological polar surface area (TPSA) is 29.3 Å². The van der Waals surface area contributed by atoms with Gasteiger partial charge in [-0.1, -0.05) is 36.8 Å². The predicted octanol–water partition coefficient (Wildman–Crippen LogP) is 2.16. The third-order valence-electron chi connectivity index (χ3n) is 3.58. The Labute approximate surface area is 98.4 Å². The van der Waals surface area contributed by atoms with E-state index in [1.165, 1.54) is 11.1 Å². The van der Waals surface area contributed by atoms with Crippen molar-refractivity contribution in [2.24, 2.45) is 11.7 Å². The first kappa shape index (κ1) is 11.6. The van der Waals surface area contributed by atoms with Crippen molar-refractivity contribution in [2.45, 2.75) is 32.9 Å². The first-order chi connectivity index (χ1) is 7.65. The van der Waals surface area contributed by atoms with Gasteiger partial charge in [0.05, 0.1) is 0 Å². The van der Waals surface area contributed by atoms with Crippen LogP contribution in [0.3, 0.4) is 0 Å².